The minimum Gasteiger partial charge on any atom is -0.389 e. The standard InChI is InChI=1S/C22H29NO2/c1-18-10-12-20(13-11-18)22(19-8-4-2-5-9-19)25-17-21(24)16-23-14-6-3-7-15-23/h2,4-5,8-13,21-22,24H,3,6-7,14-17H2,1H3/t21-,22-/m0/s1. The van der Waals surface area contributed by atoms with Gasteiger partial charge in [-0.2, -0.15) is 0 Å². The van der Waals surface area contributed by atoms with Crippen molar-refractivity contribution in [1.29, 1.82) is 0 Å². The molecule has 3 heteroatoms. The predicted octanol–water partition coefficient (Wildman–Crippen LogP) is 3.95. The van der Waals surface area contributed by atoms with Gasteiger partial charge in [0.15, 0.2) is 0 Å². The molecular weight excluding hydrogens is 310 g/mol. The molecule has 0 saturated carbocycles. The number of ether oxygens (including phenoxy) is 1. The van der Waals surface area contributed by atoms with E-state index in [0.29, 0.717) is 13.2 Å². The van der Waals surface area contributed by atoms with E-state index in [1.54, 1.807) is 0 Å². The second-order valence-electron chi connectivity index (χ2n) is 7.05. The van der Waals surface area contributed by atoms with Crippen LogP contribution in [-0.2, 0) is 4.74 Å². The van der Waals surface area contributed by atoms with Crippen molar-refractivity contribution in [3.05, 3.63) is 71.3 Å². The lowest BCUT2D eigenvalue weighted by molar-refractivity contribution is -0.0104. The first-order chi connectivity index (χ1) is 12.2. The second kappa shape index (κ2) is 9.14. The van der Waals surface area contributed by atoms with E-state index in [2.05, 4.69) is 48.2 Å². The third kappa shape index (κ3) is 5.40. The first-order valence-corrected chi connectivity index (χ1v) is 9.36. The van der Waals surface area contributed by atoms with Crippen molar-refractivity contribution in [2.24, 2.45) is 0 Å². The Kier molecular flexibility index (Phi) is 6.62. The molecule has 2 aromatic carbocycles. The molecule has 1 heterocycles. The van der Waals surface area contributed by atoms with Crippen LogP contribution in [0.4, 0.5) is 0 Å². The smallest absolute Gasteiger partial charge is 0.108 e. The molecule has 1 fully saturated rings. The molecule has 0 unspecified atom stereocenters. The zero-order valence-corrected chi connectivity index (χ0v) is 15.1. The van der Waals surface area contributed by atoms with E-state index in [9.17, 15) is 5.11 Å². The summed E-state index contributed by atoms with van der Waals surface area (Å²) in [4.78, 5) is 2.35. The van der Waals surface area contributed by atoms with Crippen LogP contribution in [0.25, 0.3) is 0 Å². The summed E-state index contributed by atoms with van der Waals surface area (Å²) in [5.74, 6) is 0. The molecule has 2 aromatic rings. The van der Waals surface area contributed by atoms with Crippen LogP contribution in [0.1, 0.15) is 42.1 Å². The van der Waals surface area contributed by atoms with Crippen LogP contribution in [0.3, 0.4) is 0 Å². The van der Waals surface area contributed by atoms with Gasteiger partial charge in [0, 0.05) is 6.54 Å². The number of hydrogen-bond acceptors (Lipinski definition) is 3. The summed E-state index contributed by atoms with van der Waals surface area (Å²) in [6, 6.07) is 18.7. The van der Waals surface area contributed by atoms with Crippen LogP contribution in [0, 0.1) is 6.92 Å². The molecule has 3 nitrogen and oxygen atoms in total. The average molecular weight is 339 g/mol. The van der Waals surface area contributed by atoms with Crippen molar-refractivity contribution in [2.45, 2.75) is 38.4 Å². The third-order valence-electron chi connectivity index (χ3n) is 4.86. The van der Waals surface area contributed by atoms with Crippen LogP contribution >= 0.6 is 0 Å². The average Bonchev–Trinajstić information content (AvgIpc) is 2.65. The van der Waals surface area contributed by atoms with Crippen molar-refractivity contribution >= 4 is 0 Å². The van der Waals surface area contributed by atoms with Gasteiger partial charge < -0.3 is 14.7 Å². The van der Waals surface area contributed by atoms with Gasteiger partial charge in [-0.05, 0) is 44.0 Å². The summed E-state index contributed by atoms with van der Waals surface area (Å²) in [6.07, 6.45) is 3.20. The molecule has 1 N–H and O–H groups in total. The van der Waals surface area contributed by atoms with Gasteiger partial charge in [0.25, 0.3) is 0 Å². The highest BCUT2D eigenvalue weighted by molar-refractivity contribution is 5.31. The number of aliphatic hydroxyl groups excluding tert-OH is 1. The van der Waals surface area contributed by atoms with Crippen LogP contribution in [0.5, 0.6) is 0 Å². The minimum atomic E-state index is -0.449. The Hall–Kier alpha value is -1.68. The molecule has 0 aromatic heterocycles. The van der Waals surface area contributed by atoms with Gasteiger partial charge >= 0.3 is 0 Å². The maximum atomic E-state index is 10.4. The third-order valence-corrected chi connectivity index (χ3v) is 4.86. The number of β-amino-alcohol motifs (C(OH)–C–C–N with tert-alkyl or cyclic N) is 1. The topological polar surface area (TPSA) is 32.7 Å². The van der Waals surface area contributed by atoms with Gasteiger partial charge in [-0.25, -0.2) is 0 Å². The highest BCUT2D eigenvalue weighted by Gasteiger charge is 2.19. The summed E-state index contributed by atoms with van der Waals surface area (Å²) in [5.41, 5.74) is 3.49. The summed E-state index contributed by atoms with van der Waals surface area (Å²) < 4.78 is 6.18. The Bertz CT molecular complexity index is 620. The fraction of sp³-hybridized carbons (Fsp3) is 0.455. The van der Waals surface area contributed by atoms with Crippen LogP contribution in [0.2, 0.25) is 0 Å². The van der Waals surface area contributed by atoms with Crippen LogP contribution < -0.4 is 0 Å². The Labute approximate surface area is 151 Å². The zero-order valence-electron chi connectivity index (χ0n) is 15.1. The van der Waals surface area contributed by atoms with Gasteiger partial charge in [0.05, 0.1) is 12.7 Å². The number of nitrogens with zero attached hydrogens (tertiary/aromatic N) is 1. The number of rotatable bonds is 7. The van der Waals surface area contributed by atoms with Gasteiger partial charge in [0.1, 0.15) is 6.10 Å². The number of benzene rings is 2. The van der Waals surface area contributed by atoms with E-state index in [1.165, 1.54) is 24.8 Å². The van der Waals surface area contributed by atoms with Crippen LogP contribution in [-0.4, -0.2) is 42.4 Å². The molecule has 0 radical (unpaired) electrons. The van der Waals surface area contributed by atoms with Crippen molar-refractivity contribution < 1.29 is 9.84 Å². The Balaban J connectivity index is 1.64. The Morgan fingerprint density at radius 3 is 2.24 bits per heavy atom. The second-order valence-corrected chi connectivity index (χ2v) is 7.05. The van der Waals surface area contributed by atoms with Crippen molar-refractivity contribution in [3.63, 3.8) is 0 Å². The molecule has 25 heavy (non-hydrogen) atoms. The van der Waals surface area contributed by atoms with Crippen molar-refractivity contribution in [3.8, 4) is 0 Å². The lowest BCUT2D eigenvalue weighted by atomic mass is 10.0. The fourth-order valence-electron chi connectivity index (χ4n) is 3.45. The Morgan fingerprint density at radius 1 is 0.920 bits per heavy atom. The SMILES string of the molecule is Cc1ccc([C@@H](OC[C@@H](O)CN2CCCCC2)c2ccccc2)cc1. The lowest BCUT2D eigenvalue weighted by Crippen LogP contribution is -2.38. The summed E-state index contributed by atoms with van der Waals surface area (Å²) in [6.45, 7) is 5.33. The molecular formula is C22H29NO2. The Morgan fingerprint density at radius 2 is 1.56 bits per heavy atom. The van der Waals surface area contributed by atoms with Crippen molar-refractivity contribution in [1.82, 2.24) is 4.90 Å². The van der Waals surface area contributed by atoms with E-state index in [4.69, 9.17) is 4.74 Å². The number of aryl methyl sites for hydroxylation is 1. The van der Waals surface area contributed by atoms with E-state index in [1.807, 2.05) is 18.2 Å². The maximum absolute atomic E-state index is 10.4. The van der Waals surface area contributed by atoms with Crippen molar-refractivity contribution in [2.75, 3.05) is 26.2 Å². The highest BCUT2D eigenvalue weighted by atomic mass is 16.5. The van der Waals surface area contributed by atoms with Gasteiger partial charge in [-0.15, -0.1) is 0 Å². The van der Waals surface area contributed by atoms with Crippen LogP contribution in [0.15, 0.2) is 54.6 Å². The normalized spacial score (nSPS) is 18.0. The molecule has 0 bridgehead atoms. The molecule has 1 aliphatic heterocycles. The molecule has 0 aliphatic carbocycles. The van der Waals surface area contributed by atoms with Gasteiger partial charge in [-0.1, -0.05) is 66.6 Å². The summed E-state index contributed by atoms with van der Waals surface area (Å²) in [5, 5.41) is 10.4. The number of aliphatic hydroxyl groups is 1. The largest absolute Gasteiger partial charge is 0.389 e. The fourth-order valence-corrected chi connectivity index (χ4v) is 3.45. The highest BCUT2D eigenvalue weighted by Crippen LogP contribution is 2.26. The monoisotopic (exact) mass is 339 g/mol. The number of piperidine rings is 1. The molecule has 2 atom stereocenters. The molecule has 0 amide bonds. The van der Waals surface area contributed by atoms with Gasteiger partial charge in [0.2, 0.25) is 0 Å². The molecule has 0 spiro atoms. The maximum Gasteiger partial charge on any atom is 0.108 e. The molecule has 3 rings (SSSR count). The number of hydrogen-bond donors (Lipinski definition) is 1. The summed E-state index contributed by atoms with van der Waals surface area (Å²) in [7, 11) is 0. The first kappa shape index (κ1) is 18.1. The van der Waals surface area contributed by atoms with E-state index in [-0.39, 0.29) is 6.10 Å². The molecule has 1 saturated heterocycles. The van der Waals surface area contributed by atoms with Gasteiger partial charge in [-0.3, -0.25) is 0 Å². The first-order valence-electron chi connectivity index (χ1n) is 9.36. The number of likely N-dealkylation sites (tertiary alicyclic amines) is 1. The molecule has 134 valence electrons. The summed E-state index contributed by atoms with van der Waals surface area (Å²) >= 11 is 0. The quantitative estimate of drug-likeness (QED) is 0.829. The van der Waals surface area contributed by atoms with E-state index < -0.39 is 6.10 Å². The minimum absolute atomic E-state index is 0.141. The van der Waals surface area contributed by atoms with E-state index in [0.717, 1.165) is 24.2 Å². The molecule has 1 aliphatic rings. The zero-order chi connectivity index (χ0) is 17.5. The lowest BCUT2D eigenvalue weighted by Gasteiger charge is -2.29. The van der Waals surface area contributed by atoms with E-state index >= 15 is 0 Å². The predicted molar refractivity (Wildman–Crippen MR) is 102 cm³/mol.